The van der Waals surface area contributed by atoms with Crippen molar-refractivity contribution in [3.63, 3.8) is 0 Å². The van der Waals surface area contributed by atoms with Crippen molar-refractivity contribution in [3.05, 3.63) is 40.3 Å². The van der Waals surface area contributed by atoms with Crippen molar-refractivity contribution < 1.29 is 41.7 Å². The number of aromatic nitrogens is 1. The largest absolute Gasteiger partial charge is 0.522 e. The third-order valence-electron chi connectivity index (χ3n) is 5.42. The number of ether oxygens (including phenoxy) is 5. The Balaban J connectivity index is 1.41. The number of halogens is 3. The molecule has 8 nitrogen and oxygen atoms in total. The van der Waals surface area contributed by atoms with Gasteiger partial charge >= 0.3 is 6.36 Å². The molecule has 2 saturated heterocycles. The number of thiazole rings is 1. The molecule has 0 N–H and O–H groups in total. The van der Waals surface area contributed by atoms with Crippen molar-refractivity contribution >= 4 is 17.2 Å². The van der Waals surface area contributed by atoms with Crippen LogP contribution in [0.2, 0.25) is 0 Å². The van der Waals surface area contributed by atoms with Gasteiger partial charge in [0.15, 0.2) is 11.5 Å². The maximum Gasteiger partial charge on any atom is 0.522 e. The first-order valence-corrected chi connectivity index (χ1v) is 10.7. The fourth-order valence-electron chi connectivity index (χ4n) is 3.86. The monoisotopic (exact) mass is 474 g/mol. The van der Waals surface area contributed by atoms with E-state index in [1.54, 1.807) is 16.5 Å². The van der Waals surface area contributed by atoms with Crippen molar-refractivity contribution in [2.75, 3.05) is 40.2 Å². The number of nitrogens with zero attached hydrogens (tertiary/aromatic N) is 2. The normalized spacial score (nSPS) is 23.1. The number of fused-ring (bicyclic) bond motifs is 1. The van der Waals surface area contributed by atoms with E-state index in [0.717, 1.165) is 5.69 Å². The summed E-state index contributed by atoms with van der Waals surface area (Å²) in [6.07, 6.45) is -4.51. The first-order chi connectivity index (χ1) is 15.3. The predicted molar refractivity (Wildman–Crippen MR) is 106 cm³/mol. The van der Waals surface area contributed by atoms with Gasteiger partial charge in [0, 0.05) is 23.9 Å². The molecule has 2 aromatic rings. The highest BCUT2D eigenvalue weighted by Gasteiger charge is 2.52. The van der Waals surface area contributed by atoms with Crippen LogP contribution in [0.3, 0.4) is 0 Å². The summed E-state index contributed by atoms with van der Waals surface area (Å²) < 4.78 is 62.1. The Labute approximate surface area is 185 Å². The summed E-state index contributed by atoms with van der Waals surface area (Å²) in [5, 5.41) is 1.93. The second-order valence-electron chi connectivity index (χ2n) is 7.19. The summed E-state index contributed by atoms with van der Waals surface area (Å²) in [6.45, 7) is -0.0578. The Hall–Kier alpha value is -2.41. The summed E-state index contributed by atoms with van der Waals surface area (Å²) >= 11 is 1.48. The van der Waals surface area contributed by atoms with Crippen LogP contribution in [0.25, 0.3) is 0 Å². The molecule has 4 rings (SSSR count). The van der Waals surface area contributed by atoms with E-state index >= 15 is 0 Å². The zero-order valence-electron chi connectivity index (χ0n) is 17.1. The van der Waals surface area contributed by atoms with Crippen LogP contribution in [0.15, 0.2) is 29.1 Å². The molecule has 3 heterocycles. The van der Waals surface area contributed by atoms with Gasteiger partial charge in [0.1, 0.15) is 25.1 Å². The number of carbonyl (C=O) groups excluding carboxylic acids is 1. The number of piperidine rings is 1. The quantitative estimate of drug-likeness (QED) is 0.571. The van der Waals surface area contributed by atoms with Gasteiger partial charge in [-0.2, -0.15) is 0 Å². The van der Waals surface area contributed by atoms with Gasteiger partial charge in [-0.05, 0) is 18.2 Å². The summed E-state index contributed by atoms with van der Waals surface area (Å²) in [7, 11) is 1.38. The minimum absolute atomic E-state index is 0.141. The molecular formula is C20H21F3N2O6S. The Morgan fingerprint density at radius 3 is 2.91 bits per heavy atom. The van der Waals surface area contributed by atoms with Crippen LogP contribution in [-0.4, -0.2) is 68.5 Å². The van der Waals surface area contributed by atoms with Crippen LogP contribution >= 0.6 is 11.3 Å². The Bertz CT molecular complexity index is 942. The van der Waals surface area contributed by atoms with Gasteiger partial charge < -0.3 is 23.8 Å². The number of likely N-dealkylation sites (tertiary alicyclic amines) is 1. The number of hydrogen-bond donors (Lipinski definition) is 0. The number of methoxy groups -OCH3 is 1. The van der Waals surface area contributed by atoms with Gasteiger partial charge in [-0.25, -0.2) is 4.98 Å². The van der Waals surface area contributed by atoms with E-state index in [1.165, 1.54) is 30.6 Å². The molecule has 0 aliphatic carbocycles. The third kappa shape index (κ3) is 4.68. The van der Waals surface area contributed by atoms with E-state index in [-0.39, 0.29) is 36.9 Å². The molecule has 1 amide bonds. The number of rotatable bonds is 7. The summed E-state index contributed by atoms with van der Waals surface area (Å²) in [5.74, 6) is 0.221. The summed E-state index contributed by atoms with van der Waals surface area (Å²) in [5.41, 5.74) is 2.27. The standard InChI is InChI=1S/C20H21F3N2O6S/c1-27-15-8-13(2-3-14(15)28-6-7-30-20(21,22)23)18(26)25-5-4-19(16-10-32-11-24-16)17(9-25)29-12-31-19/h2-3,8,10-11,17H,4-7,9,12H2,1H3/t17?,19-/m1/s1. The number of alkyl halides is 3. The van der Waals surface area contributed by atoms with Gasteiger partial charge in [-0.3, -0.25) is 9.53 Å². The van der Waals surface area contributed by atoms with Crippen LogP contribution in [0.5, 0.6) is 11.5 Å². The van der Waals surface area contributed by atoms with E-state index in [4.69, 9.17) is 18.9 Å². The van der Waals surface area contributed by atoms with Crippen LogP contribution in [-0.2, 0) is 19.8 Å². The Kier molecular flexibility index (Phi) is 6.56. The van der Waals surface area contributed by atoms with E-state index in [1.807, 2.05) is 5.38 Å². The molecule has 1 unspecified atom stereocenters. The smallest absolute Gasteiger partial charge is 0.493 e. The van der Waals surface area contributed by atoms with E-state index in [9.17, 15) is 18.0 Å². The lowest BCUT2D eigenvalue weighted by Gasteiger charge is -2.40. The van der Waals surface area contributed by atoms with E-state index in [0.29, 0.717) is 25.1 Å². The van der Waals surface area contributed by atoms with Gasteiger partial charge in [0.2, 0.25) is 0 Å². The van der Waals surface area contributed by atoms with Gasteiger partial charge in [0.25, 0.3) is 5.91 Å². The highest BCUT2D eigenvalue weighted by molar-refractivity contribution is 7.07. The lowest BCUT2D eigenvalue weighted by atomic mass is 9.86. The summed E-state index contributed by atoms with van der Waals surface area (Å²) in [4.78, 5) is 19.2. The van der Waals surface area contributed by atoms with Crippen molar-refractivity contribution in [3.8, 4) is 11.5 Å². The average molecular weight is 474 g/mol. The molecule has 0 bridgehead atoms. The molecule has 12 heteroatoms. The van der Waals surface area contributed by atoms with Gasteiger partial charge in [-0.1, -0.05) is 0 Å². The molecule has 1 aromatic heterocycles. The lowest BCUT2D eigenvalue weighted by molar-refractivity contribution is -0.325. The molecule has 2 aliphatic heterocycles. The molecule has 32 heavy (non-hydrogen) atoms. The zero-order valence-corrected chi connectivity index (χ0v) is 17.9. The molecule has 174 valence electrons. The molecule has 2 atom stereocenters. The minimum atomic E-state index is -4.72. The SMILES string of the molecule is COc1cc(C(=O)N2CC[C@]3(c4cscn4)OCOC3C2)ccc1OCCOC(F)(F)F. The van der Waals surface area contributed by atoms with Crippen molar-refractivity contribution in [1.29, 1.82) is 0 Å². The second-order valence-corrected chi connectivity index (χ2v) is 7.91. The van der Waals surface area contributed by atoms with Crippen LogP contribution in [0.1, 0.15) is 22.5 Å². The molecule has 2 fully saturated rings. The Morgan fingerprint density at radius 1 is 1.34 bits per heavy atom. The number of hydrogen-bond acceptors (Lipinski definition) is 8. The lowest BCUT2D eigenvalue weighted by Crippen LogP contribution is -2.53. The first kappa shape index (κ1) is 22.8. The maximum atomic E-state index is 13.1. The van der Waals surface area contributed by atoms with Gasteiger partial charge in [0.05, 0.1) is 31.5 Å². The summed E-state index contributed by atoms with van der Waals surface area (Å²) in [6, 6.07) is 4.52. The van der Waals surface area contributed by atoms with E-state index in [2.05, 4.69) is 9.72 Å². The molecule has 0 saturated carbocycles. The third-order valence-corrected chi connectivity index (χ3v) is 6.00. The van der Waals surface area contributed by atoms with Crippen LogP contribution in [0.4, 0.5) is 13.2 Å². The van der Waals surface area contributed by atoms with Gasteiger partial charge in [-0.15, -0.1) is 24.5 Å². The fraction of sp³-hybridized carbons (Fsp3) is 0.500. The highest BCUT2D eigenvalue weighted by Crippen LogP contribution is 2.42. The predicted octanol–water partition coefficient (Wildman–Crippen LogP) is 3.18. The molecule has 2 aliphatic rings. The number of carbonyl (C=O) groups is 1. The molecular weight excluding hydrogens is 453 g/mol. The van der Waals surface area contributed by atoms with E-state index < -0.39 is 18.6 Å². The number of amides is 1. The first-order valence-electron chi connectivity index (χ1n) is 9.77. The average Bonchev–Trinajstić information content (AvgIpc) is 3.45. The highest BCUT2D eigenvalue weighted by atomic mass is 32.1. The van der Waals surface area contributed by atoms with Crippen molar-refractivity contribution in [2.45, 2.75) is 24.5 Å². The van der Waals surface area contributed by atoms with Crippen molar-refractivity contribution in [1.82, 2.24) is 9.88 Å². The fourth-order valence-corrected chi connectivity index (χ4v) is 4.48. The topological polar surface area (TPSA) is 79.4 Å². The molecule has 1 aromatic carbocycles. The maximum absolute atomic E-state index is 13.1. The number of benzene rings is 1. The molecule has 0 spiro atoms. The Morgan fingerprint density at radius 2 is 2.19 bits per heavy atom. The second kappa shape index (κ2) is 9.22. The van der Waals surface area contributed by atoms with Crippen LogP contribution in [0, 0.1) is 0 Å². The minimum Gasteiger partial charge on any atom is -0.493 e. The molecule has 0 radical (unpaired) electrons. The zero-order chi connectivity index (χ0) is 22.8. The van der Waals surface area contributed by atoms with Crippen LogP contribution < -0.4 is 9.47 Å². The van der Waals surface area contributed by atoms with Crippen molar-refractivity contribution in [2.24, 2.45) is 0 Å².